The smallest absolute Gasteiger partial charge is 0.272 e. The van der Waals surface area contributed by atoms with Crippen LogP contribution in [0.25, 0.3) is 11.3 Å². The Morgan fingerprint density at radius 1 is 1.30 bits per heavy atom. The zero-order valence-electron chi connectivity index (χ0n) is 14.1. The summed E-state index contributed by atoms with van der Waals surface area (Å²) in [5.41, 5.74) is 1.80. The zero-order chi connectivity index (χ0) is 19.4. The van der Waals surface area contributed by atoms with Crippen molar-refractivity contribution in [3.8, 4) is 17.0 Å². The number of thiazole rings is 1. The van der Waals surface area contributed by atoms with Crippen molar-refractivity contribution in [2.45, 2.75) is 6.92 Å². The van der Waals surface area contributed by atoms with Gasteiger partial charge in [-0.05, 0) is 43.3 Å². The molecule has 27 heavy (non-hydrogen) atoms. The first-order valence-electron chi connectivity index (χ1n) is 7.81. The van der Waals surface area contributed by atoms with Gasteiger partial charge in [0.25, 0.3) is 11.6 Å². The second kappa shape index (κ2) is 7.92. The van der Waals surface area contributed by atoms with Crippen molar-refractivity contribution in [1.29, 1.82) is 0 Å². The molecule has 0 radical (unpaired) electrons. The van der Waals surface area contributed by atoms with E-state index < -0.39 is 10.8 Å². The van der Waals surface area contributed by atoms with Crippen LogP contribution in [0.3, 0.4) is 0 Å². The van der Waals surface area contributed by atoms with Crippen LogP contribution in [0.15, 0.2) is 47.8 Å². The van der Waals surface area contributed by atoms with Crippen molar-refractivity contribution in [1.82, 2.24) is 4.98 Å². The van der Waals surface area contributed by atoms with E-state index in [0.717, 1.165) is 5.56 Å². The summed E-state index contributed by atoms with van der Waals surface area (Å²) < 4.78 is 18.3. The lowest BCUT2D eigenvalue weighted by molar-refractivity contribution is -0.385. The summed E-state index contributed by atoms with van der Waals surface area (Å²) in [6.07, 6.45) is 0. The van der Waals surface area contributed by atoms with Gasteiger partial charge in [-0.25, -0.2) is 9.37 Å². The van der Waals surface area contributed by atoms with Crippen molar-refractivity contribution >= 4 is 28.1 Å². The Morgan fingerprint density at radius 2 is 2.04 bits per heavy atom. The van der Waals surface area contributed by atoms with Gasteiger partial charge in [-0.15, -0.1) is 11.3 Å². The SMILES string of the molecule is Cc1cc(OCC(=O)Nc2nc(-c3ccc(F)cc3)cs2)ccc1[N+](=O)[O-]. The first-order valence-corrected chi connectivity index (χ1v) is 8.69. The van der Waals surface area contributed by atoms with Crippen molar-refractivity contribution in [3.05, 3.63) is 69.3 Å². The number of ether oxygens (including phenoxy) is 1. The van der Waals surface area contributed by atoms with Gasteiger partial charge in [0.2, 0.25) is 0 Å². The minimum absolute atomic E-state index is 0.0112. The summed E-state index contributed by atoms with van der Waals surface area (Å²) in [4.78, 5) is 26.6. The molecule has 138 valence electrons. The number of halogens is 1. The first kappa shape index (κ1) is 18.5. The van der Waals surface area contributed by atoms with Gasteiger partial charge in [-0.2, -0.15) is 0 Å². The van der Waals surface area contributed by atoms with Crippen LogP contribution in [-0.2, 0) is 4.79 Å². The number of aromatic nitrogens is 1. The number of rotatable bonds is 6. The molecular weight excluding hydrogens is 373 g/mol. The summed E-state index contributed by atoms with van der Waals surface area (Å²) in [7, 11) is 0. The van der Waals surface area contributed by atoms with Gasteiger partial charge in [-0.1, -0.05) is 0 Å². The number of nitro benzene ring substituents is 1. The third kappa shape index (κ3) is 4.64. The molecule has 0 saturated heterocycles. The van der Waals surface area contributed by atoms with Crippen molar-refractivity contribution in [3.63, 3.8) is 0 Å². The maximum atomic E-state index is 13.0. The van der Waals surface area contributed by atoms with Crippen LogP contribution in [0.1, 0.15) is 5.56 Å². The monoisotopic (exact) mass is 387 g/mol. The predicted molar refractivity (Wildman–Crippen MR) is 99.5 cm³/mol. The number of nitrogens with one attached hydrogen (secondary N) is 1. The van der Waals surface area contributed by atoms with Crippen LogP contribution >= 0.6 is 11.3 Å². The summed E-state index contributed by atoms with van der Waals surface area (Å²) in [6.45, 7) is 1.33. The molecule has 0 saturated carbocycles. The maximum absolute atomic E-state index is 13.0. The Balaban J connectivity index is 1.58. The third-order valence-electron chi connectivity index (χ3n) is 3.63. The molecule has 1 N–H and O–H groups in total. The zero-order valence-corrected chi connectivity index (χ0v) is 15.0. The van der Waals surface area contributed by atoms with E-state index in [4.69, 9.17) is 4.74 Å². The van der Waals surface area contributed by atoms with Gasteiger partial charge in [0.05, 0.1) is 10.6 Å². The Bertz CT molecular complexity index is 989. The molecule has 0 aliphatic carbocycles. The molecule has 0 fully saturated rings. The average Bonchev–Trinajstić information content (AvgIpc) is 3.08. The highest BCUT2D eigenvalue weighted by Gasteiger charge is 2.12. The number of aryl methyl sites for hydroxylation is 1. The van der Waals surface area contributed by atoms with Gasteiger partial charge in [0, 0.05) is 22.6 Å². The molecule has 9 heteroatoms. The molecule has 3 aromatic rings. The molecule has 1 amide bonds. The van der Waals surface area contributed by atoms with Crippen LogP contribution in [0.4, 0.5) is 15.2 Å². The predicted octanol–water partition coefficient (Wildman–Crippen LogP) is 4.18. The second-order valence-electron chi connectivity index (χ2n) is 5.59. The van der Waals surface area contributed by atoms with E-state index in [0.29, 0.717) is 22.1 Å². The molecule has 0 bridgehead atoms. The molecular formula is C18H14FN3O4S. The minimum Gasteiger partial charge on any atom is -0.484 e. The molecule has 1 aromatic heterocycles. The molecule has 7 nitrogen and oxygen atoms in total. The normalized spacial score (nSPS) is 10.4. The van der Waals surface area contributed by atoms with Gasteiger partial charge < -0.3 is 4.74 Å². The Labute approximate surface area is 157 Å². The quantitative estimate of drug-likeness (QED) is 0.506. The number of hydrogen-bond donors (Lipinski definition) is 1. The number of benzene rings is 2. The van der Waals surface area contributed by atoms with Gasteiger partial charge in [0.15, 0.2) is 11.7 Å². The molecule has 0 spiro atoms. The molecule has 0 aliphatic rings. The molecule has 1 heterocycles. The van der Waals surface area contributed by atoms with Crippen LogP contribution in [0.5, 0.6) is 5.75 Å². The van der Waals surface area contributed by atoms with E-state index in [1.54, 1.807) is 24.4 Å². The van der Waals surface area contributed by atoms with Crippen molar-refractivity contribution in [2.75, 3.05) is 11.9 Å². The van der Waals surface area contributed by atoms with Gasteiger partial charge in [-0.3, -0.25) is 20.2 Å². The first-order chi connectivity index (χ1) is 12.9. The van der Waals surface area contributed by atoms with Gasteiger partial charge in [0.1, 0.15) is 11.6 Å². The lowest BCUT2D eigenvalue weighted by Crippen LogP contribution is -2.20. The molecule has 2 aromatic carbocycles. The van der Waals surface area contributed by atoms with E-state index >= 15 is 0 Å². The van der Waals surface area contributed by atoms with Crippen LogP contribution < -0.4 is 10.1 Å². The fourth-order valence-corrected chi connectivity index (χ4v) is 3.05. The number of carbonyl (C=O) groups excluding carboxylic acids is 1. The Morgan fingerprint density at radius 3 is 2.70 bits per heavy atom. The number of amides is 1. The fourth-order valence-electron chi connectivity index (χ4n) is 2.31. The molecule has 0 aliphatic heterocycles. The third-order valence-corrected chi connectivity index (χ3v) is 4.38. The maximum Gasteiger partial charge on any atom is 0.272 e. The lowest BCUT2D eigenvalue weighted by atomic mass is 10.2. The van der Waals surface area contributed by atoms with E-state index in [1.807, 2.05) is 0 Å². The van der Waals surface area contributed by atoms with Crippen LogP contribution in [-0.4, -0.2) is 22.4 Å². The van der Waals surface area contributed by atoms with Crippen molar-refractivity contribution in [2.24, 2.45) is 0 Å². The number of anilines is 1. The highest BCUT2D eigenvalue weighted by Crippen LogP contribution is 2.25. The highest BCUT2D eigenvalue weighted by atomic mass is 32.1. The summed E-state index contributed by atoms with van der Waals surface area (Å²) >= 11 is 1.24. The number of carbonyl (C=O) groups is 1. The number of hydrogen-bond acceptors (Lipinski definition) is 6. The Hall–Kier alpha value is -3.33. The summed E-state index contributed by atoms with van der Waals surface area (Å²) in [6, 6.07) is 10.2. The summed E-state index contributed by atoms with van der Waals surface area (Å²) in [5, 5.41) is 15.6. The van der Waals surface area contributed by atoms with E-state index in [9.17, 15) is 19.3 Å². The standard InChI is InChI=1S/C18H14FN3O4S/c1-11-8-14(6-7-16(11)22(24)25)26-9-17(23)21-18-20-15(10-27-18)12-2-4-13(19)5-3-12/h2-8,10H,9H2,1H3,(H,20,21,23). The molecule has 0 unspecified atom stereocenters. The topological polar surface area (TPSA) is 94.4 Å². The summed E-state index contributed by atoms with van der Waals surface area (Å²) in [5.74, 6) is -0.383. The largest absolute Gasteiger partial charge is 0.484 e. The fraction of sp³-hybridized carbons (Fsp3) is 0.111. The van der Waals surface area contributed by atoms with E-state index in [1.165, 1.54) is 41.7 Å². The minimum atomic E-state index is -0.479. The molecule has 0 atom stereocenters. The number of nitrogens with zero attached hydrogens (tertiary/aromatic N) is 2. The second-order valence-corrected chi connectivity index (χ2v) is 6.45. The van der Waals surface area contributed by atoms with E-state index in [2.05, 4.69) is 10.3 Å². The van der Waals surface area contributed by atoms with Gasteiger partial charge >= 0.3 is 0 Å². The van der Waals surface area contributed by atoms with Crippen LogP contribution in [0.2, 0.25) is 0 Å². The highest BCUT2D eigenvalue weighted by molar-refractivity contribution is 7.14. The van der Waals surface area contributed by atoms with Crippen LogP contribution in [0, 0.1) is 22.9 Å². The van der Waals surface area contributed by atoms with Crippen molar-refractivity contribution < 1.29 is 18.8 Å². The number of nitro groups is 1. The Kier molecular flexibility index (Phi) is 5.41. The lowest BCUT2D eigenvalue weighted by Gasteiger charge is -2.06. The van der Waals surface area contributed by atoms with E-state index in [-0.39, 0.29) is 18.1 Å². The average molecular weight is 387 g/mol. The molecule has 3 rings (SSSR count).